The molecule has 1 N–H and O–H groups in total. The number of hydrogen-bond acceptors (Lipinski definition) is 3. The number of methoxy groups -OCH3 is 1. The lowest BCUT2D eigenvalue weighted by molar-refractivity contribution is -0.124. The van der Waals surface area contributed by atoms with Crippen molar-refractivity contribution in [2.45, 2.75) is 31.2 Å². The van der Waals surface area contributed by atoms with Gasteiger partial charge < -0.3 is 14.6 Å². The second-order valence-electron chi connectivity index (χ2n) is 5.88. The monoisotopic (exact) mass is 299 g/mol. The van der Waals surface area contributed by atoms with Crippen molar-refractivity contribution < 1.29 is 9.53 Å². The number of benzene rings is 1. The number of rotatable bonds is 6. The van der Waals surface area contributed by atoms with Crippen molar-refractivity contribution in [3.63, 3.8) is 0 Å². The Labute approximate surface area is 130 Å². The van der Waals surface area contributed by atoms with E-state index in [0.717, 1.165) is 18.6 Å². The Bertz CT molecular complexity index is 648. The minimum atomic E-state index is -0.254. The molecule has 5 nitrogen and oxygen atoms in total. The van der Waals surface area contributed by atoms with Crippen LogP contribution >= 0.6 is 0 Å². The van der Waals surface area contributed by atoms with Crippen LogP contribution in [0.15, 0.2) is 43.0 Å². The van der Waals surface area contributed by atoms with Crippen molar-refractivity contribution in [2.24, 2.45) is 0 Å². The molecule has 1 aliphatic carbocycles. The van der Waals surface area contributed by atoms with Crippen LogP contribution in [0, 0.1) is 0 Å². The molecule has 3 rings (SSSR count). The Hall–Kier alpha value is -2.30. The fourth-order valence-corrected chi connectivity index (χ4v) is 2.81. The van der Waals surface area contributed by atoms with Crippen LogP contribution in [0.4, 0.5) is 0 Å². The van der Waals surface area contributed by atoms with Gasteiger partial charge in [-0.25, -0.2) is 4.98 Å². The van der Waals surface area contributed by atoms with Gasteiger partial charge in [-0.2, -0.15) is 0 Å². The van der Waals surface area contributed by atoms with Crippen molar-refractivity contribution >= 4 is 5.91 Å². The van der Waals surface area contributed by atoms with E-state index >= 15 is 0 Å². The zero-order valence-corrected chi connectivity index (χ0v) is 13.0. The van der Waals surface area contributed by atoms with E-state index in [1.165, 1.54) is 5.56 Å². The van der Waals surface area contributed by atoms with Crippen LogP contribution in [0.1, 0.15) is 31.4 Å². The van der Waals surface area contributed by atoms with Crippen LogP contribution < -0.4 is 10.1 Å². The van der Waals surface area contributed by atoms with E-state index in [-0.39, 0.29) is 17.4 Å². The molecule has 0 aliphatic heterocycles. The summed E-state index contributed by atoms with van der Waals surface area (Å²) in [5, 5.41) is 3.08. The molecule has 0 bridgehead atoms. The molecule has 1 unspecified atom stereocenters. The Balaban J connectivity index is 1.67. The highest BCUT2D eigenvalue weighted by molar-refractivity contribution is 5.80. The second-order valence-corrected chi connectivity index (χ2v) is 5.88. The molecular formula is C17H21N3O2. The van der Waals surface area contributed by atoms with Crippen LogP contribution in [0.3, 0.4) is 0 Å². The fourth-order valence-electron chi connectivity index (χ4n) is 2.81. The van der Waals surface area contributed by atoms with E-state index in [1.54, 1.807) is 30.4 Å². The number of nitrogens with one attached hydrogen (secondary N) is 1. The molecule has 1 aliphatic rings. The molecule has 1 atom stereocenters. The number of imidazole rings is 1. The first-order valence-corrected chi connectivity index (χ1v) is 7.55. The summed E-state index contributed by atoms with van der Waals surface area (Å²) in [5.41, 5.74) is 1.21. The van der Waals surface area contributed by atoms with Gasteiger partial charge in [0, 0.05) is 29.9 Å². The average molecular weight is 299 g/mol. The minimum Gasteiger partial charge on any atom is -0.496 e. The Morgan fingerprint density at radius 2 is 2.23 bits per heavy atom. The normalized spacial score (nSPS) is 16.8. The summed E-state index contributed by atoms with van der Waals surface area (Å²) in [4.78, 5) is 16.3. The second kappa shape index (κ2) is 5.83. The number of para-hydroxylation sites is 1. The average Bonchev–Trinajstić information content (AvgIpc) is 3.15. The molecule has 0 saturated heterocycles. The lowest BCUT2D eigenvalue weighted by Gasteiger charge is -2.21. The van der Waals surface area contributed by atoms with Crippen molar-refractivity contribution in [3.8, 4) is 5.75 Å². The van der Waals surface area contributed by atoms with Gasteiger partial charge in [0.2, 0.25) is 5.91 Å². The molecule has 1 saturated carbocycles. The highest BCUT2D eigenvalue weighted by Gasteiger charge is 2.46. The molecule has 1 heterocycles. The number of nitrogens with zero attached hydrogens (tertiary/aromatic N) is 2. The predicted molar refractivity (Wildman–Crippen MR) is 83.9 cm³/mol. The van der Waals surface area contributed by atoms with E-state index in [9.17, 15) is 4.79 Å². The van der Waals surface area contributed by atoms with E-state index < -0.39 is 0 Å². The van der Waals surface area contributed by atoms with Crippen molar-refractivity contribution in [1.82, 2.24) is 14.9 Å². The van der Waals surface area contributed by atoms with Crippen LogP contribution in [-0.2, 0) is 10.2 Å². The third kappa shape index (κ3) is 2.71. The Morgan fingerprint density at radius 3 is 2.86 bits per heavy atom. The van der Waals surface area contributed by atoms with Crippen molar-refractivity contribution in [2.75, 3.05) is 13.7 Å². The van der Waals surface area contributed by atoms with Gasteiger partial charge in [0.05, 0.1) is 13.4 Å². The number of aromatic nitrogens is 2. The summed E-state index contributed by atoms with van der Waals surface area (Å²) in [5.74, 6) is 0.913. The zero-order valence-electron chi connectivity index (χ0n) is 13.0. The number of ether oxygens (including phenoxy) is 1. The van der Waals surface area contributed by atoms with Gasteiger partial charge in [0.1, 0.15) is 11.8 Å². The van der Waals surface area contributed by atoms with E-state index in [2.05, 4.69) is 16.4 Å². The van der Waals surface area contributed by atoms with Crippen molar-refractivity contribution in [1.29, 1.82) is 0 Å². The first kappa shape index (κ1) is 14.6. The standard InChI is InChI=1S/C17H21N3O2/c1-13(20-10-9-18-12-20)16(21)19-11-17(7-8-17)14-5-3-4-6-15(14)22-2/h3-6,9-10,12-13H,7-8,11H2,1-2H3,(H,19,21). The molecule has 1 fully saturated rings. The van der Waals surface area contributed by atoms with E-state index in [4.69, 9.17) is 4.74 Å². The Kier molecular flexibility index (Phi) is 3.88. The molecule has 0 radical (unpaired) electrons. The van der Waals surface area contributed by atoms with Gasteiger partial charge in [-0.3, -0.25) is 4.79 Å². The van der Waals surface area contributed by atoms with E-state index in [1.807, 2.05) is 25.1 Å². The number of amides is 1. The molecular weight excluding hydrogens is 278 g/mol. The van der Waals surface area contributed by atoms with Crippen LogP contribution in [-0.4, -0.2) is 29.1 Å². The minimum absolute atomic E-state index is 0.0131. The van der Waals surface area contributed by atoms with Crippen LogP contribution in [0.5, 0.6) is 5.75 Å². The molecule has 5 heteroatoms. The fraction of sp³-hybridized carbons (Fsp3) is 0.412. The summed E-state index contributed by atoms with van der Waals surface area (Å²) in [6.45, 7) is 2.52. The molecule has 2 aromatic rings. The largest absolute Gasteiger partial charge is 0.496 e. The smallest absolute Gasteiger partial charge is 0.242 e. The zero-order chi connectivity index (χ0) is 15.6. The maximum atomic E-state index is 12.3. The van der Waals surface area contributed by atoms with Crippen LogP contribution in [0.2, 0.25) is 0 Å². The highest BCUT2D eigenvalue weighted by Crippen LogP contribution is 2.50. The summed E-state index contributed by atoms with van der Waals surface area (Å²) < 4.78 is 7.26. The quantitative estimate of drug-likeness (QED) is 0.890. The van der Waals surface area contributed by atoms with Crippen molar-refractivity contribution in [3.05, 3.63) is 48.5 Å². The van der Waals surface area contributed by atoms with Crippen LogP contribution in [0.25, 0.3) is 0 Å². The molecule has 0 spiro atoms. The van der Waals surface area contributed by atoms with Gasteiger partial charge in [0.25, 0.3) is 0 Å². The number of hydrogen-bond donors (Lipinski definition) is 1. The third-order valence-electron chi connectivity index (χ3n) is 4.48. The topological polar surface area (TPSA) is 56.1 Å². The summed E-state index contributed by atoms with van der Waals surface area (Å²) in [7, 11) is 1.69. The lowest BCUT2D eigenvalue weighted by atomic mass is 9.94. The molecule has 22 heavy (non-hydrogen) atoms. The predicted octanol–water partition coefficient (Wildman–Crippen LogP) is 2.30. The summed E-state index contributed by atoms with van der Waals surface area (Å²) >= 11 is 0. The summed E-state index contributed by atoms with van der Waals surface area (Å²) in [6, 6.07) is 7.81. The van der Waals surface area contributed by atoms with Gasteiger partial charge in [0.15, 0.2) is 0 Å². The maximum Gasteiger partial charge on any atom is 0.242 e. The molecule has 116 valence electrons. The van der Waals surface area contributed by atoms with Gasteiger partial charge in [-0.05, 0) is 25.8 Å². The van der Waals surface area contributed by atoms with Gasteiger partial charge in [-0.1, -0.05) is 18.2 Å². The molecule has 1 amide bonds. The Morgan fingerprint density at radius 1 is 1.45 bits per heavy atom. The number of carbonyl (C=O) groups excluding carboxylic acids is 1. The SMILES string of the molecule is COc1ccccc1C1(CNC(=O)C(C)n2ccnc2)CC1. The number of carbonyl (C=O) groups is 1. The molecule has 1 aromatic heterocycles. The maximum absolute atomic E-state index is 12.3. The first-order chi connectivity index (χ1) is 10.7. The molecule has 1 aromatic carbocycles. The summed E-state index contributed by atoms with van der Waals surface area (Å²) in [6.07, 6.45) is 7.30. The van der Waals surface area contributed by atoms with Gasteiger partial charge >= 0.3 is 0 Å². The van der Waals surface area contributed by atoms with E-state index in [0.29, 0.717) is 6.54 Å². The first-order valence-electron chi connectivity index (χ1n) is 7.55. The third-order valence-corrected chi connectivity index (χ3v) is 4.48. The lowest BCUT2D eigenvalue weighted by Crippen LogP contribution is -2.36. The van der Waals surface area contributed by atoms with Gasteiger partial charge in [-0.15, -0.1) is 0 Å². The highest BCUT2D eigenvalue weighted by atomic mass is 16.5.